The van der Waals surface area contributed by atoms with Crippen molar-refractivity contribution >= 4 is 5.82 Å². The van der Waals surface area contributed by atoms with Crippen LogP contribution in [0.3, 0.4) is 0 Å². The van der Waals surface area contributed by atoms with Crippen molar-refractivity contribution in [3.05, 3.63) is 17.6 Å². The lowest BCUT2D eigenvalue weighted by molar-refractivity contribution is 0.255. The number of aryl methyl sites for hydroxylation is 2. The van der Waals surface area contributed by atoms with E-state index >= 15 is 0 Å². The molecule has 0 aromatic carbocycles. The topological polar surface area (TPSA) is 58.3 Å². The number of hydrogen-bond donors (Lipinski definition) is 1. The van der Waals surface area contributed by atoms with Crippen LogP contribution < -0.4 is 10.6 Å². The molecule has 2 N–H and O–H groups in total. The highest BCUT2D eigenvalue weighted by Crippen LogP contribution is 2.15. The molecule has 1 atom stereocenters. The molecule has 0 amide bonds. The predicted molar refractivity (Wildman–Crippen MR) is 83.0 cm³/mol. The van der Waals surface area contributed by atoms with Crippen LogP contribution >= 0.6 is 0 Å². The predicted octanol–water partition coefficient (Wildman–Crippen LogP) is 1.20. The molecule has 1 aromatic heterocycles. The van der Waals surface area contributed by atoms with Crippen molar-refractivity contribution in [3.8, 4) is 0 Å². The number of aromatic nitrogens is 2. The molecule has 1 aliphatic heterocycles. The van der Waals surface area contributed by atoms with Crippen LogP contribution in [0.2, 0.25) is 0 Å². The molecule has 0 spiro atoms. The highest BCUT2D eigenvalue weighted by atomic mass is 15.3. The van der Waals surface area contributed by atoms with Gasteiger partial charge in [-0.15, -0.1) is 0 Å². The molecule has 2 heterocycles. The van der Waals surface area contributed by atoms with Crippen LogP contribution in [0, 0.1) is 19.8 Å². The standard InChI is InChI=1S/C15H27N5/c1-12(9-16)11-19-5-4-6-20(8-7-19)15-10-17-13(2)14(3)18-15/h10,12H,4-9,11,16H2,1-3H3. The van der Waals surface area contributed by atoms with Gasteiger partial charge in [-0.3, -0.25) is 4.98 Å². The summed E-state index contributed by atoms with van der Waals surface area (Å²) in [6, 6.07) is 0. The minimum atomic E-state index is 0.572. The van der Waals surface area contributed by atoms with Gasteiger partial charge < -0.3 is 15.5 Å². The fraction of sp³-hybridized carbons (Fsp3) is 0.733. The molecule has 1 aliphatic rings. The summed E-state index contributed by atoms with van der Waals surface area (Å²) in [4.78, 5) is 14.0. The molecule has 5 heteroatoms. The van der Waals surface area contributed by atoms with E-state index in [2.05, 4.69) is 26.7 Å². The van der Waals surface area contributed by atoms with E-state index in [4.69, 9.17) is 5.73 Å². The zero-order valence-corrected chi connectivity index (χ0v) is 13.0. The first-order chi connectivity index (χ1) is 9.60. The van der Waals surface area contributed by atoms with Crippen LogP contribution in [-0.4, -0.2) is 54.1 Å². The first-order valence-electron chi connectivity index (χ1n) is 7.57. The Balaban J connectivity index is 1.96. The molecule has 112 valence electrons. The van der Waals surface area contributed by atoms with E-state index < -0.39 is 0 Å². The summed E-state index contributed by atoms with van der Waals surface area (Å²) in [5, 5.41) is 0. The fourth-order valence-electron chi connectivity index (χ4n) is 2.58. The first kappa shape index (κ1) is 15.2. The fourth-order valence-corrected chi connectivity index (χ4v) is 2.58. The largest absolute Gasteiger partial charge is 0.354 e. The van der Waals surface area contributed by atoms with Crippen molar-refractivity contribution in [2.24, 2.45) is 11.7 Å². The third-order valence-corrected chi connectivity index (χ3v) is 4.06. The van der Waals surface area contributed by atoms with Gasteiger partial charge in [0.25, 0.3) is 0 Å². The summed E-state index contributed by atoms with van der Waals surface area (Å²) >= 11 is 0. The molecule has 1 fully saturated rings. The van der Waals surface area contributed by atoms with E-state index in [1.54, 1.807) is 0 Å². The van der Waals surface area contributed by atoms with Crippen LogP contribution in [0.5, 0.6) is 0 Å². The minimum absolute atomic E-state index is 0.572. The Hall–Kier alpha value is -1.20. The number of nitrogens with zero attached hydrogens (tertiary/aromatic N) is 4. The van der Waals surface area contributed by atoms with Crippen LogP contribution in [0.25, 0.3) is 0 Å². The first-order valence-corrected chi connectivity index (χ1v) is 7.57. The summed E-state index contributed by atoms with van der Waals surface area (Å²) in [6.45, 7) is 12.4. The average Bonchev–Trinajstić information content (AvgIpc) is 2.67. The second-order valence-corrected chi connectivity index (χ2v) is 5.88. The maximum atomic E-state index is 5.72. The Morgan fingerprint density at radius 3 is 2.70 bits per heavy atom. The highest BCUT2D eigenvalue weighted by molar-refractivity contribution is 5.37. The lowest BCUT2D eigenvalue weighted by Crippen LogP contribution is -2.35. The van der Waals surface area contributed by atoms with Crippen molar-refractivity contribution in [1.29, 1.82) is 0 Å². The molecule has 0 radical (unpaired) electrons. The highest BCUT2D eigenvalue weighted by Gasteiger charge is 2.17. The molecule has 1 unspecified atom stereocenters. The van der Waals surface area contributed by atoms with Gasteiger partial charge in [-0.25, -0.2) is 4.98 Å². The summed E-state index contributed by atoms with van der Waals surface area (Å²) in [7, 11) is 0. The van der Waals surface area contributed by atoms with Gasteiger partial charge in [-0.2, -0.15) is 0 Å². The van der Waals surface area contributed by atoms with Gasteiger partial charge in [0.05, 0.1) is 17.6 Å². The lowest BCUT2D eigenvalue weighted by atomic mass is 10.1. The van der Waals surface area contributed by atoms with E-state index in [0.717, 1.165) is 56.5 Å². The van der Waals surface area contributed by atoms with Gasteiger partial charge in [0.15, 0.2) is 0 Å². The Kier molecular flexibility index (Phi) is 5.31. The van der Waals surface area contributed by atoms with Gasteiger partial charge in [0, 0.05) is 26.2 Å². The minimum Gasteiger partial charge on any atom is -0.354 e. The molecule has 0 saturated carbocycles. The molecule has 2 rings (SSSR count). The molecule has 1 aromatic rings. The SMILES string of the molecule is Cc1ncc(N2CCCN(CC(C)CN)CC2)nc1C. The molecular formula is C15H27N5. The van der Waals surface area contributed by atoms with Gasteiger partial charge >= 0.3 is 0 Å². The number of rotatable bonds is 4. The number of anilines is 1. The maximum absolute atomic E-state index is 5.72. The molecule has 5 nitrogen and oxygen atoms in total. The quantitative estimate of drug-likeness (QED) is 0.896. The van der Waals surface area contributed by atoms with Gasteiger partial charge in [0.2, 0.25) is 0 Å². The molecule has 0 bridgehead atoms. The van der Waals surface area contributed by atoms with Gasteiger partial charge in [-0.05, 0) is 39.3 Å². The second kappa shape index (κ2) is 6.99. The second-order valence-electron chi connectivity index (χ2n) is 5.88. The van der Waals surface area contributed by atoms with E-state index in [1.807, 2.05) is 20.0 Å². The van der Waals surface area contributed by atoms with Gasteiger partial charge in [-0.1, -0.05) is 6.92 Å². The zero-order valence-electron chi connectivity index (χ0n) is 13.0. The van der Waals surface area contributed by atoms with E-state index in [0.29, 0.717) is 5.92 Å². The Morgan fingerprint density at radius 2 is 2.00 bits per heavy atom. The van der Waals surface area contributed by atoms with Crippen LogP contribution in [0.15, 0.2) is 6.20 Å². The van der Waals surface area contributed by atoms with Crippen molar-refractivity contribution in [2.45, 2.75) is 27.2 Å². The molecule has 0 aliphatic carbocycles. The van der Waals surface area contributed by atoms with Crippen LogP contribution in [-0.2, 0) is 0 Å². The maximum Gasteiger partial charge on any atom is 0.147 e. The summed E-state index contributed by atoms with van der Waals surface area (Å²) in [5.74, 6) is 1.59. The van der Waals surface area contributed by atoms with Crippen molar-refractivity contribution in [3.63, 3.8) is 0 Å². The number of nitrogens with two attached hydrogens (primary N) is 1. The molecular weight excluding hydrogens is 250 g/mol. The Morgan fingerprint density at radius 1 is 1.20 bits per heavy atom. The lowest BCUT2D eigenvalue weighted by Gasteiger charge is -2.24. The Labute approximate surface area is 122 Å². The van der Waals surface area contributed by atoms with Crippen molar-refractivity contribution in [1.82, 2.24) is 14.9 Å². The summed E-state index contributed by atoms with van der Waals surface area (Å²) < 4.78 is 0. The normalized spacial score (nSPS) is 18.9. The van der Waals surface area contributed by atoms with Crippen molar-refractivity contribution < 1.29 is 0 Å². The molecule has 20 heavy (non-hydrogen) atoms. The van der Waals surface area contributed by atoms with E-state index in [9.17, 15) is 0 Å². The monoisotopic (exact) mass is 277 g/mol. The summed E-state index contributed by atoms with van der Waals surface area (Å²) in [5.41, 5.74) is 7.77. The van der Waals surface area contributed by atoms with Crippen LogP contribution in [0.1, 0.15) is 24.7 Å². The zero-order chi connectivity index (χ0) is 14.5. The molecule has 1 saturated heterocycles. The smallest absolute Gasteiger partial charge is 0.147 e. The number of hydrogen-bond acceptors (Lipinski definition) is 5. The van der Waals surface area contributed by atoms with Crippen LogP contribution in [0.4, 0.5) is 5.82 Å². The van der Waals surface area contributed by atoms with E-state index in [-0.39, 0.29) is 0 Å². The Bertz CT molecular complexity index is 434. The van der Waals surface area contributed by atoms with Gasteiger partial charge in [0.1, 0.15) is 5.82 Å². The van der Waals surface area contributed by atoms with Crippen molar-refractivity contribution in [2.75, 3.05) is 44.2 Å². The van der Waals surface area contributed by atoms with E-state index in [1.165, 1.54) is 6.42 Å². The summed E-state index contributed by atoms with van der Waals surface area (Å²) in [6.07, 6.45) is 3.08. The third-order valence-electron chi connectivity index (χ3n) is 4.06. The average molecular weight is 277 g/mol. The third kappa shape index (κ3) is 3.90.